The smallest absolute Gasteiger partial charge is 0.269 e. The van der Waals surface area contributed by atoms with Gasteiger partial charge < -0.3 is 14.5 Å². The van der Waals surface area contributed by atoms with Gasteiger partial charge in [-0.1, -0.05) is 42.5 Å². The zero-order chi connectivity index (χ0) is 23.0. The molecule has 3 aromatic rings. The summed E-state index contributed by atoms with van der Waals surface area (Å²) >= 11 is 0. The third kappa shape index (κ3) is 5.98. The lowest BCUT2D eigenvalue weighted by Crippen LogP contribution is -2.48. The van der Waals surface area contributed by atoms with Crippen molar-refractivity contribution in [3.05, 3.63) is 106 Å². The van der Waals surface area contributed by atoms with Gasteiger partial charge in [-0.15, -0.1) is 0 Å². The van der Waals surface area contributed by atoms with Crippen LogP contribution in [0.5, 0.6) is 5.75 Å². The lowest BCUT2D eigenvalue weighted by atomic mass is 10.2. The molecule has 1 aliphatic heterocycles. The van der Waals surface area contributed by atoms with Crippen LogP contribution in [0, 0.1) is 10.1 Å². The van der Waals surface area contributed by atoms with E-state index in [1.807, 2.05) is 65.6 Å². The third-order valence-electron chi connectivity index (χ3n) is 5.56. The normalized spacial score (nSPS) is 13.8. The number of ether oxygens (including phenoxy) is 1. The van der Waals surface area contributed by atoms with Crippen LogP contribution in [-0.4, -0.2) is 41.9 Å². The summed E-state index contributed by atoms with van der Waals surface area (Å²) in [6.07, 6.45) is 3.41. The number of non-ortho nitro benzene ring substituents is 1. The average molecular weight is 444 g/mol. The molecule has 7 heteroatoms. The molecule has 33 heavy (non-hydrogen) atoms. The summed E-state index contributed by atoms with van der Waals surface area (Å²) in [5.41, 5.74) is 3.05. The van der Waals surface area contributed by atoms with E-state index in [2.05, 4.69) is 4.90 Å². The number of hydrogen-bond acceptors (Lipinski definition) is 5. The number of anilines is 1. The van der Waals surface area contributed by atoms with Gasteiger partial charge in [0.15, 0.2) is 0 Å². The summed E-state index contributed by atoms with van der Waals surface area (Å²) in [7, 11) is 0. The molecule has 1 heterocycles. The predicted molar refractivity (Wildman–Crippen MR) is 128 cm³/mol. The van der Waals surface area contributed by atoms with E-state index in [1.165, 1.54) is 12.1 Å². The Bertz CT molecular complexity index is 1100. The van der Waals surface area contributed by atoms with E-state index in [0.717, 1.165) is 22.6 Å². The number of hydrogen-bond donors (Lipinski definition) is 0. The molecule has 3 aromatic carbocycles. The van der Waals surface area contributed by atoms with Crippen LogP contribution in [0.4, 0.5) is 11.4 Å². The quantitative estimate of drug-likeness (QED) is 0.305. The Hall–Kier alpha value is -4.13. The van der Waals surface area contributed by atoms with Crippen molar-refractivity contribution in [2.45, 2.75) is 6.61 Å². The maximum Gasteiger partial charge on any atom is 0.269 e. The van der Waals surface area contributed by atoms with Gasteiger partial charge in [0.1, 0.15) is 12.4 Å². The van der Waals surface area contributed by atoms with Crippen molar-refractivity contribution < 1.29 is 14.5 Å². The van der Waals surface area contributed by atoms with E-state index < -0.39 is 4.92 Å². The molecular formula is C26H25N3O4. The average Bonchev–Trinajstić information content (AvgIpc) is 2.87. The Labute approximate surface area is 192 Å². The molecule has 0 unspecified atom stereocenters. The van der Waals surface area contributed by atoms with E-state index in [4.69, 9.17) is 4.74 Å². The molecule has 0 spiro atoms. The number of carbonyl (C=O) groups excluding carboxylic acids is 1. The van der Waals surface area contributed by atoms with Gasteiger partial charge in [-0.2, -0.15) is 0 Å². The van der Waals surface area contributed by atoms with E-state index in [-0.39, 0.29) is 11.6 Å². The molecule has 4 rings (SSSR count). The van der Waals surface area contributed by atoms with Crippen molar-refractivity contribution >= 4 is 23.4 Å². The second-order valence-corrected chi connectivity index (χ2v) is 7.76. The Morgan fingerprint density at radius 1 is 0.909 bits per heavy atom. The van der Waals surface area contributed by atoms with Crippen molar-refractivity contribution in [1.29, 1.82) is 0 Å². The molecular weight excluding hydrogens is 418 g/mol. The Morgan fingerprint density at radius 2 is 1.58 bits per heavy atom. The number of nitro groups is 1. The molecule has 0 N–H and O–H groups in total. The molecule has 1 fully saturated rings. The van der Waals surface area contributed by atoms with Gasteiger partial charge in [0, 0.05) is 50.1 Å². The molecule has 0 aromatic heterocycles. The van der Waals surface area contributed by atoms with E-state index in [1.54, 1.807) is 18.2 Å². The fourth-order valence-electron chi connectivity index (χ4n) is 3.66. The molecule has 0 saturated carbocycles. The van der Waals surface area contributed by atoms with Crippen molar-refractivity contribution in [1.82, 2.24) is 4.90 Å². The van der Waals surface area contributed by atoms with Gasteiger partial charge in [0.2, 0.25) is 5.91 Å². The van der Waals surface area contributed by atoms with E-state index in [9.17, 15) is 14.9 Å². The van der Waals surface area contributed by atoms with Crippen LogP contribution in [0.15, 0.2) is 84.9 Å². The van der Waals surface area contributed by atoms with Crippen LogP contribution in [-0.2, 0) is 11.4 Å². The molecule has 0 radical (unpaired) electrons. The molecule has 1 saturated heterocycles. The monoisotopic (exact) mass is 443 g/mol. The first-order chi connectivity index (χ1) is 16.1. The maximum absolute atomic E-state index is 12.6. The first-order valence-corrected chi connectivity index (χ1v) is 10.8. The fraction of sp³-hybridized carbons (Fsp3) is 0.192. The van der Waals surface area contributed by atoms with Gasteiger partial charge in [0.05, 0.1) is 4.92 Å². The van der Waals surface area contributed by atoms with Crippen molar-refractivity contribution in [3.8, 4) is 5.75 Å². The summed E-state index contributed by atoms with van der Waals surface area (Å²) < 4.78 is 5.80. The molecule has 168 valence electrons. The number of benzene rings is 3. The number of nitrogens with zero attached hydrogens (tertiary/aromatic N) is 3. The van der Waals surface area contributed by atoms with Crippen molar-refractivity contribution in [2.75, 3.05) is 31.1 Å². The molecule has 7 nitrogen and oxygen atoms in total. The summed E-state index contributed by atoms with van der Waals surface area (Å²) in [6.45, 7) is 3.09. The first kappa shape index (κ1) is 22.1. The number of carbonyl (C=O) groups is 1. The molecule has 1 aliphatic rings. The molecule has 1 amide bonds. The Kier molecular flexibility index (Phi) is 6.99. The van der Waals surface area contributed by atoms with Crippen LogP contribution in [0.2, 0.25) is 0 Å². The Balaban J connectivity index is 1.25. The lowest BCUT2D eigenvalue weighted by Gasteiger charge is -2.35. The second-order valence-electron chi connectivity index (χ2n) is 7.76. The number of piperazine rings is 1. The van der Waals surface area contributed by atoms with Crippen molar-refractivity contribution in [3.63, 3.8) is 0 Å². The minimum Gasteiger partial charge on any atom is -0.489 e. The van der Waals surface area contributed by atoms with Crippen LogP contribution >= 0.6 is 0 Å². The van der Waals surface area contributed by atoms with Gasteiger partial charge in [-0.3, -0.25) is 14.9 Å². The fourth-order valence-corrected chi connectivity index (χ4v) is 3.66. The van der Waals surface area contributed by atoms with Crippen LogP contribution < -0.4 is 9.64 Å². The highest BCUT2D eigenvalue weighted by atomic mass is 16.6. The maximum atomic E-state index is 12.6. The summed E-state index contributed by atoms with van der Waals surface area (Å²) in [4.78, 5) is 26.9. The zero-order valence-corrected chi connectivity index (χ0v) is 18.2. The molecule has 0 bridgehead atoms. The van der Waals surface area contributed by atoms with E-state index in [0.29, 0.717) is 32.8 Å². The predicted octanol–water partition coefficient (Wildman–Crippen LogP) is 4.54. The SMILES string of the molecule is O=C(/C=C/c1ccc(OCc2ccccc2)cc1)N1CCN(c2ccc([N+](=O)[O-])cc2)CC1. The van der Waals surface area contributed by atoms with Gasteiger partial charge >= 0.3 is 0 Å². The first-order valence-electron chi connectivity index (χ1n) is 10.8. The second kappa shape index (κ2) is 10.5. The Morgan fingerprint density at radius 3 is 2.21 bits per heavy atom. The summed E-state index contributed by atoms with van der Waals surface area (Å²) in [6, 6.07) is 24.2. The zero-order valence-electron chi connectivity index (χ0n) is 18.2. The minimum absolute atomic E-state index is 0.0252. The van der Waals surface area contributed by atoms with Crippen LogP contribution in [0.1, 0.15) is 11.1 Å². The minimum atomic E-state index is -0.405. The third-order valence-corrected chi connectivity index (χ3v) is 5.56. The highest BCUT2D eigenvalue weighted by Gasteiger charge is 2.20. The summed E-state index contributed by atoms with van der Waals surface area (Å²) in [5, 5.41) is 10.8. The number of nitro benzene ring substituents is 1. The highest BCUT2D eigenvalue weighted by molar-refractivity contribution is 5.92. The van der Waals surface area contributed by atoms with Crippen LogP contribution in [0.3, 0.4) is 0 Å². The highest BCUT2D eigenvalue weighted by Crippen LogP contribution is 2.21. The van der Waals surface area contributed by atoms with Crippen LogP contribution in [0.25, 0.3) is 6.08 Å². The standard InChI is InChI=1S/C26H25N3O4/c30-26(28-18-16-27(17-19-28)23-9-11-24(12-10-23)29(31)32)15-8-21-6-13-25(14-7-21)33-20-22-4-2-1-3-5-22/h1-15H,16-20H2/b15-8+. The topological polar surface area (TPSA) is 75.9 Å². The van der Waals surface area contributed by atoms with Gasteiger partial charge in [-0.25, -0.2) is 0 Å². The molecule has 0 aliphatic carbocycles. The number of rotatable bonds is 7. The van der Waals surface area contributed by atoms with Gasteiger partial charge in [-0.05, 0) is 41.5 Å². The van der Waals surface area contributed by atoms with Gasteiger partial charge in [0.25, 0.3) is 5.69 Å². The van der Waals surface area contributed by atoms with Crippen molar-refractivity contribution in [2.24, 2.45) is 0 Å². The number of amides is 1. The lowest BCUT2D eigenvalue weighted by molar-refractivity contribution is -0.384. The molecule has 0 atom stereocenters. The van der Waals surface area contributed by atoms with E-state index >= 15 is 0 Å². The summed E-state index contributed by atoms with van der Waals surface area (Å²) in [5.74, 6) is 0.757. The largest absolute Gasteiger partial charge is 0.489 e.